The zero-order valence-electron chi connectivity index (χ0n) is 40.9. The highest BCUT2D eigenvalue weighted by molar-refractivity contribution is 6.12. The van der Waals surface area contributed by atoms with Crippen molar-refractivity contribution in [3.8, 4) is 62.0 Å². The Morgan fingerprint density at radius 1 is 0.293 bits per heavy atom. The van der Waals surface area contributed by atoms with Gasteiger partial charge in [0.1, 0.15) is 0 Å². The van der Waals surface area contributed by atoms with Crippen LogP contribution in [0, 0.1) is 11.3 Å². The predicted molar refractivity (Wildman–Crippen MR) is 272 cm³/mol. The van der Waals surface area contributed by atoms with Crippen molar-refractivity contribution in [2.24, 2.45) is 0 Å². The molecule has 0 aliphatic rings. The summed E-state index contributed by atoms with van der Waals surface area (Å²) in [5.41, 5.74) is -10.3. The highest BCUT2D eigenvalue weighted by Crippen LogP contribution is 2.48. The summed E-state index contributed by atoms with van der Waals surface area (Å²) >= 11 is 0. The molecule has 0 N–H and O–H groups in total. The van der Waals surface area contributed by atoms with Gasteiger partial charge >= 0.3 is 37.1 Å². The molecule has 0 fully saturated rings. The lowest BCUT2D eigenvalue weighted by atomic mass is 9.92. The first-order valence-electron chi connectivity index (χ1n) is 24.0. The standard InChI is InChI=1S/C61H29F18N3/c62-56(63,64)36-13-16-41(49(27-36)60(74,75)76)32-11-19-53-46(24-32)43-5-1-3-7-51(43)81(53)40-15-9-34(30-80)45(29-40)48-23-31(35-21-38(58(68,69)70)26-39(22-35)59(71,72)73)10-18-55(48)82-52-8-4-2-6-44(52)47-25-33(12-20-54(47)82)42-17-14-37(57(65,66)67)28-50(42)61(77,78)79/h1-29H. The first kappa shape index (κ1) is 54.8. The van der Waals surface area contributed by atoms with Gasteiger partial charge in [-0.15, -0.1) is 0 Å². The molecule has 82 heavy (non-hydrogen) atoms. The molecule has 2 heterocycles. The molecular formula is C61H29F18N3. The van der Waals surface area contributed by atoms with Crippen LogP contribution in [-0.4, -0.2) is 9.13 Å². The fourth-order valence-electron chi connectivity index (χ4n) is 10.5. The van der Waals surface area contributed by atoms with Crippen LogP contribution in [0.4, 0.5) is 79.0 Å². The van der Waals surface area contributed by atoms with Gasteiger partial charge in [-0.3, -0.25) is 0 Å². The van der Waals surface area contributed by atoms with Gasteiger partial charge in [0.05, 0.1) is 72.8 Å². The van der Waals surface area contributed by atoms with E-state index in [9.17, 15) is 84.3 Å². The zero-order valence-corrected chi connectivity index (χ0v) is 40.9. The molecule has 0 radical (unpaired) electrons. The van der Waals surface area contributed by atoms with E-state index in [4.69, 9.17) is 0 Å². The number of nitrogens with zero attached hydrogens (tertiary/aromatic N) is 3. The Kier molecular flexibility index (Phi) is 12.7. The van der Waals surface area contributed by atoms with Crippen LogP contribution < -0.4 is 0 Å². The van der Waals surface area contributed by atoms with Gasteiger partial charge in [-0.1, -0.05) is 66.7 Å². The number of benzene rings is 9. The van der Waals surface area contributed by atoms with Crippen molar-refractivity contribution < 1.29 is 79.0 Å². The molecule has 21 heteroatoms. The average molecular weight is 1150 g/mol. The third-order valence-electron chi connectivity index (χ3n) is 14.1. The van der Waals surface area contributed by atoms with E-state index in [0.717, 1.165) is 0 Å². The summed E-state index contributed by atoms with van der Waals surface area (Å²) in [4.78, 5) is 0. The van der Waals surface area contributed by atoms with E-state index in [1.165, 1.54) is 72.8 Å². The van der Waals surface area contributed by atoms with E-state index >= 15 is 0 Å². The number of aromatic nitrogens is 2. The summed E-state index contributed by atoms with van der Waals surface area (Å²) in [5.74, 6) is 0. The lowest BCUT2D eigenvalue weighted by Gasteiger charge is -2.19. The number of alkyl halides is 18. The fourth-order valence-corrected chi connectivity index (χ4v) is 10.5. The summed E-state index contributed by atoms with van der Waals surface area (Å²) in [6.07, 6.45) is -31.3. The van der Waals surface area contributed by atoms with Crippen molar-refractivity contribution in [2.45, 2.75) is 37.1 Å². The lowest BCUT2D eigenvalue weighted by molar-refractivity contribution is -0.144. The highest BCUT2D eigenvalue weighted by Gasteiger charge is 2.41. The average Bonchev–Trinajstić information content (AvgIpc) is 3.30. The summed E-state index contributed by atoms with van der Waals surface area (Å²) in [5, 5.41) is 12.1. The van der Waals surface area contributed by atoms with Crippen molar-refractivity contribution in [2.75, 3.05) is 0 Å². The van der Waals surface area contributed by atoms with Crippen molar-refractivity contribution >= 4 is 43.6 Å². The molecule has 9 aromatic carbocycles. The Morgan fingerprint density at radius 2 is 0.732 bits per heavy atom. The molecule has 0 aliphatic carbocycles. The Balaban J connectivity index is 1.17. The lowest BCUT2D eigenvalue weighted by Crippen LogP contribution is -2.12. The predicted octanol–water partition coefficient (Wildman–Crippen LogP) is 20.5. The molecule has 414 valence electrons. The van der Waals surface area contributed by atoms with E-state index in [1.807, 2.05) is 0 Å². The number of halogens is 18. The van der Waals surface area contributed by atoms with Crippen LogP contribution in [-0.2, 0) is 37.1 Å². The van der Waals surface area contributed by atoms with Crippen LogP contribution in [0.1, 0.15) is 38.9 Å². The fraction of sp³-hybridized carbons (Fsp3) is 0.0984. The first-order valence-corrected chi connectivity index (χ1v) is 24.0. The number of nitriles is 1. The maximum Gasteiger partial charge on any atom is 0.417 e. The summed E-state index contributed by atoms with van der Waals surface area (Å²) in [7, 11) is 0. The molecule has 0 aliphatic heterocycles. The molecule has 11 rings (SSSR count). The van der Waals surface area contributed by atoms with Gasteiger partial charge in [0.2, 0.25) is 0 Å². The van der Waals surface area contributed by atoms with E-state index in [1.54, 1.807) is 57.7 Å². The van der Waals surface area contributed by atoms with Crippen LogP contribution in [0.3, 0.4) is 0 Å². The van der Waals surface area contributed by atoms with E-state index in [2.05, 4.69) is 6.07 Å². The number of rotatable bonds is 6. The van der Waals surface area contributed by atoms with Gasteiger partial charge in [0.15, 0.2) is 0 Å². The molecule has 3 nitrogen and oxygen atoms in total. The maximum absolute atomic E-state index is 14.5. The molecule has 0 spiro atoms. The normalized spacial score (nSPS) is 13.0. The number of hydrogen-bond acceptors (Lipinski definition) is 1. The van der Waals surface area contributed by atoms with Gasteiger partial charge in [0.25, 0.3) is 0 Å². The molecular weight excluding hydrogens is 1120 g/mol. The topological polar surface area (TPSA) is 33.6 Å². The second kappa shape index (κ2) is 19.0. The van der Waals surface area contributed by atoms with Crippen molar-refractivity contribution in [1.82, 2.24) is 9.13 Å². The number of para-hydroxylation sites is 2. The third kappa shape index (κ3) is 9.68. The van der Waals surface area contributed by atoms with Crippen molar-refractivity contribution in [1.29, 1.82) is 5.26 Å². The van der Waals surface area contributed by atoms with E-state index < -0.39 is 87.1 Å². The van der Waals surface area contributed by atoms with Crippen LogP contribution in [0.25, 0.3) is 99.5 Å². The Hall–Kier alpha value is -9.19. The van der Waals surface area contributed by atoms with Crippen LogP contribution in [0.2, 0.25) is 0 Å². The maximum atomic E-state index is 14.5. The summed E-state index contributed by atoms with van der Waals surface area (Å²) in [6.45, 7) is 0. The molecule has 0 unspecified atom stereocenters. The SMILES string of the molecule is N#Cc1ccc(-n2c3ccccc3c3cc(-c4ccc(C(F)(F)F)cc4C(F)(F)F)ccc32)cc1-c1cc(-c2cc(C(F)(F)F)cc(C(F)(F)F)c2)ccc1-n1c2ccccc2c2cc(-c3ccc(C(F)(F)F)cc3C(F)(F)F)ccc21. The molecule has 0 saturated carbocycles. The minimum absolute atomic E-state index is 0.00382. The molecule has 2 aromatic heterocycles. The number of hydrogen-bond donors (Lipinski definition) is 0. The minimum atomic E-state index is -5.27. The highest BCUT2D eigenvalue weighted by atomic mass is 19.4. The molecule has 0 bridgehead atoms. The molecule has 0 saturated heterocycles. The zero-order chi connectivity index (χ0) is 58.8. The van der Waals surface area contributed by atoms with E-state index in [-0.39, 0.29) is 73.9 Å². The smallest absolute Gasteiger partial charge is 0.309 e. The van der Waals surface area contributed by atoms with E-state index in [0.29, 0.717) is 69.1 Å². The Morgan fingerprint density at radius 3 is 1.20 bits per heavy atom. The third-order valence-corrected chi connectivity index (χ3v) is 14.1. The van der Waals surface area contributed by atoms with Gasteiger partial charge < -0.3 is 9.13 Å². The minimum Gasteiger partial charge on any atom is -0.309 e. The summed E-state index contributed by atoms with van der Waals surface area (Å²) < 4.78 is 259. The van der Waals surface area contributed by atoms with Gasteiger partial charge in [0, 0.05) is 38.4 Å². The van der Waals surface area contributed by atoms with Gasteiger partial charge in [-0.25, -0.2) is 0 Å². The van der Waals surface area contributed by atoms with Crippen molar-refractivity contribution in [3.05, 3.63) is 215 Å². The monoisotopic (exact) mass is 1150 g/mol. The molecule has 0 atom stereocenters. The van der Waals surface area contributed by atoms with Gasteiger partial charge in [-0.05, 0) is 143 Å². The van der Waals surface area contributed by atoms with Crippen LogP contribution in [0.5, 0.6) is 0 Å². The Labute approximate surface area is 449 Å². The van der Waals surface area contributed by atoms with Crippen molar-refractivity contribution in [3.63, 3.8) is 0 Å². The number of fused-ring (bicyclic) bond motifs is 6. The van der Waals surface area contributed by atoms with Crippen LogP contribution >= 0.6 is 0 Å². The molecule has 11 aromatic rings. The summed E-state index contributed by atoms with van der Waals surface area (Å²) in [6, 6.07) is 34.4. The first-order chi connectivity index (χ1) is 38.4. The van der Waals surface area contributed by atoms with Gasteiger partial charge in [-0.2, -0.15) is 84.3 Å². The second-order valence-electron chi connectivity index (χ2n) is 19.0. The quantitative estimate of drug-likeness (QED) is 0.153. The Bertz CT molecular complexity index is 4410. The molecule has 0 amide bonds. The largest absolute Gasteiger partial charge is 0.417 e. The second-order valence-corrected chi connectivity index (χ2v) is 19.0. The van der Waals surface area contributed by atoms with Crippen LogP contribution in [0.15, 0.2) is 176 Å².